The largest absolute Gasteiger partial charge is 0.360 e. The number of hydrogen-bond acceptors (Lipinski definition) is 4. The van der Waals surface area contributed by atoms with E-state index in [1.54, 1.807) is 24.5 Å². The lowest BCUT2D eigenvalue weighted by atomic mass is 10.1. The Kier molecular flexibility index (Phi) is 8.44. The summed E-state index contributed by atoms with van der Waals surface area (Å²) in [7, 11) is 2.32. The van der Waals surface area contributed by atoms with Gasteiger partial charge >= 0.3 is 0 Å². The molecule has 2 atom stereocenters. The number of piperazine rings is 1. The first-order chi connectivity index (χ1) is 21.3. The molecule has 2 aliphatic rings. The van der Waals surface area contributed by atoms with Crippen molar-refractivity contribution in [2.75, 3.05) is 43.4 Å². The molecule has 2 amide bonds. The lowest BCUT2D eigenvalue weighted by Gasteiger charge is -2.43. The lowest BCUT2D eigenvalue weighted by molar-refractivity contribution is -0.923. The molecule has 4 aromatic rings. The van der Waals surface area contributed by atoms with Crippen molar-refractivity contribution in [3.63, 3.8) is 0 Å². The van der Waals surface area contributed by atoms with E-state index in [9.17, 15) is 14.0 Å². The number of nitrogens with one attached hydrogen (secondary N) is 2. The molecule has 2 heterocycles. The van der Waals surface area contributed by atoms with Gasteiger partial charge in [-0.05, 0) is 67.3 Å². The van der Waals surface area contributed by atoms with Crippen LogP contribution >= 0.6 is 0 Å². The first-order valence-corrected chi connectivity index (χ1v) is 15.3. The molecule has 2 N–H and O–H groups in total. The monoisotopic (exact) mass is 592 g/mol. The van der Waals surface area contributed by atoms with Gasteiger partial charge in [-0.25, -0.2) is 4.39 Å². The number of aromatic nitrogens is 1. The molecule has 0 radical (unpaired) electrons. The first kappa shape index (κ1) is 29.5. The van der Waals surface area contributed by atoms with Crippen LogP contribution in [-0.4, -0.2) is 54.5 Å². The molecule has 3 aromatic carbocycles. The van der Waals surface area contributed by atoms with Gasteiger partial charge in [0.25, 0.3) is 5.91 Å². The molecule has 0 unspecified atom stereocenters. The molecular weight excluding hydrogens is 553 g/mol. The number of halogens is 1. The Morgan fingerprint density at radius 3 is 2.43 bits per heavy atom. The van der Waals surface area contributed by atoms with E-state index < -0.39 is 5.82 Å². The number of carbonyl (C=O) groups is 2. The van der Waals surface area contributed by atoms with Gasteiger partial charge in [-0.3, -0.25) is 14.6 Å². The number of anilines is 2. The highest BCUT2D eigenvalue weighted by atomic mass is 19.1. The zero-order valence-electron chi connectivity index (χ0n) is 25.3. The molecular formula is C36H39FN5O2+. The highest BCUT2D eigenvalue weighted by Crippen LogP contribution is 2.47. The van der Waals surface area contributed by atoms with Crippen molar-refractivity contribution in [2.24, 2.45) is 5.92 Å². The van der Waals surface area contributed by atoms with Crippen LogP contribution in [0.15, 0.2) is 91.3 Å². The molecule has 1 aliphatic heterocycles. The number of carbonyl (C=O) groups excluding carboxylic acids is 2. The maximum absolute atomic E-state index is 14.8. The second-order valence-corrected chi connectivity index (χ2v) is 12.5. The molecule has 1 saturated carbocycles. The molecule has 2 fully saturated rings. The van der Waals surface area contributed by atoms with Crippen LogP contribution < -0.4 is 15.5 Å². The van der Waals surface area contributed by atoms with E-state index in [0.29, 0.717) is 16.8 Å². The second-order valence-electron chi connectivity index (χ2n) is 12.5. The summed E-state index contributed by atoms with van der Waals surface area (Å²) in [5.41, 5.74) is 6.09. The van der Waals surface area contributed by atoms with E-state index in [0.717, 1.165) is 54.9 Å². The highest BCUT2D eigenvalue weighted by molar-refractivity contribution is 5.95. The fraction of sp³-hybridized carbons (Fsp3) is 0.306. The van der Waals surface area contributed by atoms with Crippen molar-refractivity contribution in [1.82, 2.24) is 10.3 Å². The van der Waals surface area contributed by atoms with E-state index in [1.165, 1.54) is 17.2 Å². The minimum atomic E-state index is -0.476. The zero-order valence-corrected chi connectivity index (χ0v) is 25.3. The summed E-state index contributed by atoms with van der Waals surface area (Å²) in [6.07, 6.45) is 4.25. The van der Waals surface area contributed by atoms with Crippen LogP contribution in [0.25, 0.3) is 0 Å². The summed E-state index contributed by atoms with van der Waals surface area (Å²) in [6.45, 7) is 7.21. The maximum atomic E-state index is 14.8. The topological polar surface area (TPSA) is 74.3 Å². The Labute approximate surface area is 258 Å². The zero-order chi connectivity index (χ0) is 30.7. The molecule has 1 aromatic heterocycles. The van der Waals surface area contributed by atoms with Gasteiger partial charge in [0, 0.05) is 52.9 Å². The standard InChI is InChI=1S/C36H38FN5O2/c1-25-5-7-26(8-6-25)24-42(2)18-16-41(17-19-42)31-13-10-27(11-14-31)35(43)39-23-29-9-12-30(20-34(29)37)40-36(44)33-21-32(33)28-4-3-15-38-22-28/h3-15,20,22,32-33H,16-19,21,23-24H2,1-2H3,(H-,39,40,43,44)/p+1/t32-,33+/m1/s1. The Bertz CT molecular complexity index is 1620. The lowest BCUT2D eigenvalue weighted by Crippen LogP contribution is -2.56. The summed E-state index contributed by atoms with van der Waals surface area (Å²) in [4.78, 5) is 32.0. The SMILES string of the molecule is Cc1ccc(C[N+]2(C)CCN(c3ccc(C(=O)NCc4ccc(NC(=O)[C@H]5C[C@@H]5c5cccnc5)cc4F)cc3)CC2)cc1. The van der Waals surface area contributed by atoms with Crippen LogP contribution in [0.2, 0.25) is 0 Å². The molecule has 1 saturated heterocycles. The van der Waals surface area contributed by atoms with Gasteiger partial charge in [0.15, 0.2) is 0 Å². The van der Waals surface area contributed by atoms with E-state index in [2.05, 4.69) is 58.8 Å². The molecule has 226 valence electrons. The average Bonchev–Trinajstić information content (AvgIpc) is 3.84. The third kappa shape index (κ3) is 6.97. The molecule has 7 nitrogen and oxygen atoms in total. The van der Waals surface area contributed by atoms with Crippen molar-refractivity contribution in [3.05, 3.63) is 125 Å². The quantitative estimate of drug-likeness (QED) is 0.246. The van der Waals surface area contributed by atoms with Gasteiger partial charge in [-0.1, -0.05) is 42.0 Å². The Morgan fingerprint density at radius 2 is 1.75 bits per heavy atom. The third-order valence-electron chi connectivity index (χ3n) is 9.00. The minimum absolute atomic E-state index is 0.0515. The smallest absolute Gasteiger partial charge is 0.251 e. The normalized spacial score (nSPS) is 18.8. The van der Waals surface area contributed by atoms with Gasteiger partial charge in [0.1, 0.15) is 12.4 Å². The number of aryl methyl sites for hydroxylation is 1. The van der Waals surface area contributed by atoms with Crippen LogP contribution in [0.3, 0.4) is 0 Å². The molecule has 1 aliphatic carbocycles. The van der Waals surface area contributed by atoms with E-state index in [1.807, 2.05) is 36.4 Å². The number of amides is 2. The number of pyridine rings is 1. The number of likely N-dealkylation sites (N-methyl/N-ethyl adjacent to an activating group) is 1. The van der Waals surface area contributed by atoms with Crippen molar-refractivity contribution in [2.45, 2.75) is 32.4 Å². The van der Waals surface area contributed by atoms with Crippen molar-refractivity contribution in [3.8, 4) is 0 Å². The van der Waals surface area contributed by atoms with Crippen LogP contribution in [0, 0.1) is 18.7 Å². The molecule has 8 heteroatoms. The van der Waals surface area contributed by atoms with Gasteiger partial charge < -0.3 is 20.0 Å². The summed E-state index contributed by atoms with van der Waals surface area (Å²) >= 11 is 0. The Hall–Kier alpha value is -4.56. The van der Waals surface area contributed by atoms with Gasteiger partial charge in [0.05, 0.1) is 33.2 Å². The predicted molar refractivity (Wildman–Crippen MR) is 171 cm³/mol. The summed E-state index contributed by atoms with van der Waals surface area (Å²) < 4.78 is 15.9. The van der Waals surface area contributed by atoms with Crippen molar-refractivity contribution < 1.29 is 18.5 Å². The van der Waals surface area contributed by atoms with Gasteiger partial charge in [-0.15, -0.1) is 0 Å². The second kappa shape index (κ2) is 12.6. The summed E-state index contributed by atoms with van der Waals surface area (Å²) in [6, 6.07) is 24.8. The molecule has 44 heavy (non-hydrogen) atoms. The van der Waals surface area contributed by atoms with E-state index in [4.69, 9.17) is 0 Å². The average molecular weight is 593 g/mol. The third-order valence-corrected chi connectivity index (χ3v) is 9.00. The first-order valence-electron chi connectivity index (χ1n) is 15.3. The fourth-order valence-electron chi connectivity index (χ4n) is 6.05. The molecule has 0 bridgehead atoms. The van der Waals surface area contributed by atoms with Crippen LogP contribution in [0.4, 0.5) is 15.8 Å². The van der Waals surface area contributed by atoms with Crippen molar-refractivity contribution in [1.29, 1.82) is 0 Å². The van der Waals surface area contributed by atoms with E-state index in [-0.39, 0.29) is 30.2 Å². The number of hydrogen-bond donors (Lipinski definition) is 2. The predicted octanol–water partition coefficient (Wildman–Crippen LogP) is 5.67. The number of rotatable bonds is 9. The van der Waals surface area contributed by atoms with Gasteiger partial charge in [-0.2, -0.15) is 0 Å². The van der Waals surface area contributed by atoms with Crippen molar-refractivity contribution >= 4 is 23.2 Å². The maximum Gasteiger partial charge on any atom is 0.251 e. The number of nitrogens with zero attached hydrogens (tertiary/aromatic N) is 3. The van der Waals surface area contributed by atoms with Crippen LogP contribution in [-0.2, 0) is 17.9 Å². The highest BCUT2D eigenvalue weighted by Gasteiger charge is 2.44. The van der Waals surface area contributed by atoms with E-state index >= 15 is 0 Å². The van der Waals surface area contributed by atoms with Crippen LogP contribution in [0.1, 0.15) is 45.0 Å². The number of quaternary nitrogens is 1. The molecule has 6 rings (SSSR count). The summed E-state index contributed by atoms with van der Waals surface area (Å²) in [5, 5.41) is 5.64. The minimum Gasteiger partial charge on any atom is -0.360 e. The van der Waals surface area contributed by atoms with Gasteiger partial charge in [0.2, 0.25) is 5.91 Å². The Morgan fingerprint density at radius 1 is 1.00 bits per heavy atom. The summed E-state index contributed by atoms with van der Waals surface area (Å²) in [5.74, 6) is -0.838. The molecule has 0 spiro atoms. The Balaban J connectivity index is 0.970. The fourth-order valence-corrected chi connectivity index (χ4v) is 6.05. The number of benzene rings is 3. The van der Waals surface area contributed by atoms with Crippen LogP contribution in [0.5, 0.6) is 0 Å².